The lowest BCUT2D eigenvalue weighted by atomic mass is 10.2. The van der Waals surface area contributed by atoms with Crippen molar-refractivity contribution in [2.24, 2.45) is 7.05 Å². The number of aromatic nitrogens is 4. The van der Waals surface area contributed by atoms with E-state index < -0.39 is 0 Å². The van der Waals surface area contributed by atoms with E-state index in [2.05, 4.69) is 30.5 Å². The lowest BCUT2D eigenvalue weighted by Crippen LogP contribution is -2.38. The average molecular weight is 381 g/mol. The van der Waals surface area contributed by atoms with Crippen LogP contribution in [0.15, 0.2) is 49.1 Å². The van der Waals surface area contributed by atoms with Gasteiger partial charge in [0.2, 0.25) is 5.95 Å². The number of amides is 1. The SMILES string of the molecule is Cn1cncc1C(=O)NC1CCN(c2ccnc(Nc3ccc(F)cc3)n2)C1. The number of aryl methyl sites for hydroxylation is 1. The Hall–Kier alpha value is -3.49. The number of carbonyl (C=O) groups is 1. The fourth-order valence-corrected chi connectivity index (χ4v) is 3.17. The van der Waals surface area contributed by atoms with Crippen molar-refractivity contribution in [1.29, 1.82) is 0 Å². The van der Waals surface area contributed by atoms with Crippen LogP contribution < -0.4 is 15.5 Å². The van der Waals surface area contributed by atoms with Crippen LogP contribution in [0.5, 0.6) is 0 Å². The summed E-state index contributed by atoms with van der Waals surface area (Å²) in [5.74, 6) is 0.785. The van der Waals surface area contributed by atoms with Crippen LogP contribution in [0.4, 0.5) is 21.8 Å². The molecule has 1 unspecified atom stereocenters. The third-order valence-electron chi connectivity index (χ3n) is 4.64. The summed E-state index contributed by atoms with van der Waals surface area (Å²) in [7, 11) is 1.79. The minimum Gasteiger partial charge on any atom is -0.354 e. The number of nitrogens with zero attached hydrogens (tertiary/aromatic N) is 5. The van der Waals surface area contributed by atoms with Gasteiger partial charge in [-0.1, -0.05) is 0 Å². The van der Waals surface area contributed by atoms with Crippen molar-refractivity contribution < 1.29 is 9.18 Å². The molecule has 1 aliphatic heterocycles. The maximum absolute atomic E-state index is 13.0. The van der Waals surface area contributed by atoms with Crippen molar-refractivity contribution in [2.45, 2.75) is 12.5 Å². The quantitative estimate of drug-likeness (QED) is 0.704. The number of carbonyl (C=O) groups excluding carboxylic acids is 1. The fraction of sp³-hybridized carbons (Fsp3) is 0.263. The highest BCUT2D eigenvalue weighted by Gasteiger charge is 2.26. The van der Waals surface area contributed by atoms with Crippen LogP contribution in [-0.4, -0.2) is 44.6 Å². The standard InChI is InChI=1S/C19H20FN7O/c1-26-12-21-10-16(26)18(28)23-15-7-9-27(11-15)17-6-8-22-19(25-17)24-14-4-2-13(20)3-5-14/h2-6,8,10,12,15H,7,9,11H2,1H3,(H,23,28)(H,22,24,25). The molecular formula is C19H20FN7O. The molecule has 0 saturated carbocycles. The zero-order chi connectivity index (χ0) is 19.5. The summed E-state index contributed by atoms with van der Waals surface area (Å²) in [6.45, 7) is 1.44. The summed E-state index contributed by atoms with van der Waals surface area (Å²) in [6.07, 6.45) is 5.66. The number of hydrogen-bond donors (Lipinski definition) is 2. The summed E-state index contributed by atoms with van der Waals surface area (Å²) in [5, 5.41) is 6.11. The molecule has 0 aliphatic carbocycles. The predicted octanol–water partition coefficient (Wildman–Crippen LogP) is 2.10. The van der Waals surface area contributed by atoms with Gasteiger partial charge in [-0.3, -0.25) is 4.79 Å². The monoisotopic (exact) mass is 381 g/mol. The van der Waals surface area contributed by atoms with Crippen molar-refractivity contribution in [3.63, 3.8) is 0 Å². The fourth-order valence-electron chi connectivity index (χ4n) is 3.17. The first-order valence-electron chi connectivity index (χ1n) is 8.96. The molecule has 0 spiro atoms. The van der Waals surface area contributed by atoms with Crippen LogP contribution >= 0.6 is 0 Å². The largest absolute Gasteiger partial charge is 0.354 e. The van der Waals surface area contributed by atoms with Crippen LogP contribution in [0.2, 0.25) is 0 Å². The van der Waals surface area contributed by atoms with Gasteiger partial charge in [0.1, 0.15) is 17.3 Å². The van der Waals surface area contributed by atoms with E-state index in [0.29, 0.717) is 23.9 Å². The zero-order valence-electron chi connectivity index (χ0n) is 15.3. The summed E-state index contributed by atoms with van der Waals surface area (Å²) in [5.41, 5.74) is 1.24. The number of hydrogen-bond acceptors (Lipinski definition) is 6. The molecule has 3 heterocycles. The number of benzene rings is 1. The van der Waals surface area contributed by atoms with Crippen molar-refractivity contribution in [3.8, 4) is 0 Å². The molecule has 0 bridgehead atoms. The Morgan fingerprint density at radius 1 is 1.25 bits per heavy atom. The van der Waals surface area contributed by atoms with E-state index in [9.17, 15) is 9.18 Å². The van der Waals surface area contributed by atoms with E-state index in [0.717, 1.165) is 18.8 Å². The van der Waals surface area contributed by atoms with Crippen LogP contribution in [0, 0.1) is 5.82 Å². The van der Waals surface area contributed by atoms with Crippen LogP contribution in [0.3, 0.4) is 0 Å². The van der Waals surface area contributed by atoms with Gasteiger partial charge >= 0.3 is 0 Å². The molecule has 1 fully saturated rings. The summed E-state index contributed by atoms with van der Waals surface area (Å²) in [6, 6.07) is 7.88. The molecule has 1 aliphatic rings. The van der Waals surface area contributed by atoms with Crippen LogP contribution in [-0.2, 0) is 7.05 Å². The molecule has 144 valence electrons. The maximum atomic E-state index is 13.0. The summed E-state index contributed by atoms with van der Waals surface area (Å²) >= 11 is 0. The number of imidazole rings is 1. The summed E-state index contributed by atoms with van der Waals surface area (Å²) < 4.78 is 14.7. The van der Waals surface area contributed by atoms with E-state index in [1.807, 2.05) is 6.07 Å². The number of rotatable bonds is 5. The maximum Gasteiger partial charge on any atom is 0.269 e. The van der Waals surface area contributed by atoms with Crippen molar-refractivity contribution in [3.05, 3.63) is 60.6 Å². The van der Waals surface area contributed by atoms with Gasteiger partial charge in [-0.05, 0) is 36.8 Å². The highest BCUT2D eigenvalue weighted by Crippen LogP contribution is 2.21. The lowest BCUT2D eigenvalue weighted by molar-refractivity contribution is 0.0932. The van der Waals surface area contributed by atoms with E-state index in [-0.39, 0.29) is 17.8 Å². The van der Waals surface area contributed by atoms with Gasteiger partial charge in [-0.25, -0.2) is 14.4 Å². The Morgan fingerprint density at radius 2 is 2.07 bits per heavy atom. The van der Waals surface area contributed by atoms with Gasteiger partial charge < -0.3 is 20.1 Å². The molecular weight excluding hydrogens is 361 g/mol. The molecule has 3 aromatic rings. The van der Waals surface area contributed by atoms with Gasteiger partial charge in [-0.15, -0.1) is 0 Å². The van der Waals surface area contributed by atoms with E-state index in [1.165, 1.54) is 12.1 Å². The highest BCUT2D eigenvalue weighted by molar-refractivity contribution is 5.92. The molecule has 1 aromatic carbocycles. The van der Waals surface area contributed by atoms with E-state index in [1.54, 1.807) is 42.5 Å². The number of halogens is 1. The Morgan fingerprint density at radius 3 is 2.82 bits per heavy atom. The molecule has 4 rings (SSSR count). The first kappa shape index (κ1) is 17.9. The smallest absolute Gasteiger partial charge is 0.269 e. The molecule has 2 N–H and O–H groups in total. The second-order valence-electron chi connectivity index (χ2n) is 6.67. The van der Waals surface area contributed by atoms with Crippen molar-refractivity contribution in [2.75, 3.05) is 23.3 Å². The molecule has 1 saturated heterocycles. The van der Waals surface area contributed by atoms with E-state index >= 15 is 0 Å². The lowest BCUT2D eigenvalue weighted by Gasteiger charge is -2.18. The third-order valence-corrected chi connectivity index (χ3v) is 4.64. The second kappa shape index (κ2) is 7.63. The highest BCUT2D eigenvalue weighted by atomic mass is 19.1. The van der Waals surface area contributed by atoms with Gasteiger partial charge in [0.05, 0.1) is 12.5 Å². The first-order chi connectivity index (χ1) is 13.6. The van der Waals surface area contributed by atoms with Crippen LogP contribution in [0.1, 0.15) is 16.9 Å². The van der Waals surface area contributed by atoms with E-state index in [4.69, 9.17) is 0 Å². The zero-order valence-corrected chi connectivity index (χ0v) is 15.3. The number of anilines is 3. The predicted molar refractivity (Wildman–Crippen MR) is 103 cm³/mol. The Kier molecular flexibility index (Phi) is 4.88. The molecule has 1 atom stereocenters. The van der Waals surface area contributed by atoms with Crippen molar-refractivity contribution in [1.82, 2.24) is 24.8 Å². The molecule has 8 nitrogen and oxygen atoms in total. The Balaban J connectivity index is 1.39. The summed E-state index contributed by atoms with van der Waals surface area (Å²) in [4.78, 5) is 27.2. The van der Waals surface area contributed by atoms with Crippen molar-refractivity contribution >= 4 is 23.4 Å². The second-order valence-corrected chi connectivity index (χ2v) is 6.67. The number of nitrogens with one attached hydrogen (secondary N) is 2. The van der Waals surface area contributed by atoms with Crippen LogP contribution in [0.25, 0.3) is 0 Å². The Bertz CT molecular complexity index is 972. The minimum atomic E-state index is -0.295. The Labute approximate surface area is 161 Å². The van der Waals surface area contributed by atoms with Gasteiger partial charge in [0.25, 0.3) is 5.91 Å². The molecule has 28 heavy (non-hydrogen) atoms. The minimum absolute atomic E-state index is 0.0332. The van der Waals surface area contributed by atoms with Gasteiger partial charge in [0, 0.05) is 38.1 Å². The first-order valence-corrected chi connectivity index (χ1v) is 8.96. The van der Waals surface area contributed by atoms with Gasteiger partial charge in [0.15, 0.2) is 0 Å². The molecule has 2 aromatic heterocycles. The molecule has 9 heteroatoms. The average Bonchev–Trinajstić information content (AvgIpc) is 3.33. The molecule has 0 radical (unpaired) electrons. The molecule has 1 amide bonds. The normalized spacial score (nSPS) is 16.2. The third kappa shape index (κ3) is 3.93. The topological polar surface area (TPSA) is 88.0 Å². The van der Waals surface area contributed by atoms with Gasteiger partial charge in [-0.2, -0.15) is 4.98 Å².